The van der Waals surface area contributed by atoms with E-state index in [1.165, 1.54) is 6.42 Å². The summed E-state index contributed by atoms with van der Waals surface area (Å²) in [6.45, 7) is 2.32. The Hall–Kier alpha value is -0.350. The molecule has 0 aromatic carbocycles. The maximum absolute atomic E-state index is 5.04. The first-order valence-corrected chi connectivity index (χ1v) is 4.04. The quantitative estimate of drug-likeness (QED) is 0.350. The molecule has 2 atom stereocenters. The molecule has 1 saturated heterocycles. The number of fused-ring (bicyclic) bond motifs is 1. The highest BCUT2D eigenvalue weighted by Gasteiger charge is 2.45. The lowest BCUT2D eigenvalue weighted by Crippen LogP contribution is -2.69. The van der Waals surface area contributed by atoms with Crippen molar-refractivity contribution in [3.63, 3.8) is 0 Å². The predicted molar refractivity (Wildman–Crippen MR) is 41.8 cm³/mol. The molecule has 1 aliphatic carbocycles. The normalized spacial score (nSPS) is 35.5. The Kier molecular flexibility index (Phi) is 1.32. The van der Waals surface area contributed by atoms with E-state index < -0.39 is 0 Å². The van der Waals surface area contributed by atoms with Crippen molar-refractivity contribution in [3.8, 4) is 0 Å². The molecular weight excluding hydrogens is 146 g/mol. The third-order valence-electron chi connectivity index (χ3n) is 2.42. The first-order valence-electron chi connectivity index (χ1n) is 3.63. The van der Waals surface area contributed by atoms with Crippen LogP contribution in [0.15, 0.2) is 0 Å². The monoisotopic (exact) mass is 158 g/mol. The number of thiocarbonyl (C=S) groups is 1. The van der Waals surface area contributed by atoms with Crippen molar-refractivity contribution >= 4 is 17.3 Å². The van der Waals surface area contributed by atoms with Crippen LogP contribution in [0.25, 0.3) is 0 Å². The van der Waals surface area contributed by atoms with Gasteiger partial charge in [-0.2, -0.15) is 0 Å². The second kappa shape index (κ2) is 2.07. The van der Waals surface area contributed by atoms with Gasteiger partial charge in [0.2, 0.25) is 5.11 Å². The van der Waals surface area contributed by atoms with E-state index in [0.717, 1.165) is 30.0 Å². The van der Waals surface area contributed by atoms with E-state index in [9.17, 15) is 0 Å². The molecule has 10 heavy (non-hydrogen) atoms. The molecule has 0 aromatic heterocycles. The molecule has 0 radical (unpaired) electrons. The van der Waals surface area contributed by atoms with Gasteiger partial charge >= 0.3 is 0 Å². The zero-order valence-electron chi connectivity index (χ0n) is 5.84. The molecule has 2 aliphatic rings. The van der Waals surface area contributed by atoms with E-state index in [2.05, 4.69) is 16.2 Å². The highest BCUT2D eigenvalue weighted by molar-refractivity contribution is 7.80. The van der Waals surface area contributed by atoms with Crippen LogP contribution in [0.1, 0.15) is 6.42 Å². The lowest BCUT2D eigenvalue weighted by atomic mass is 10.4. The average Bonchev–Trinajstić information content (AvgIpc) is 2.57. The number of hydrogen-bond acceptors (Lipinski definition) is 1. The van der Waals surface area contributed by atoms with Gasteiger partial charge in [0.15, 0.2) is 0 Å². The molecule has 4 N–H and O–H groups in total. The number of nitrogens with one attached hydrogen (secondary N) is 1. The van der Waals surface area contributed by atoms with Crippen LogP contribution in [0.3, 0.4) is 0 Å². The maximum atomic E-state index is 5.04. The fraction of sp³-hybridized carbons (Fsp3) is 0.833. The van der Waals surface area contributed by atoms with E-state index in [4.69, 9.17) is 12.2 Å². The zero-order chi connectivity index (χ0) is 7.14. The van der Waals surface area contributed by atoms with Crippen molar-refractivity contribution in [1.29, 1.82) is 0 Å². The van der Waals surface area contributed by atoms with Crippen LogP contribution in [-0.4, -0.2) is 23.1 Å². The summed E-state index contributed by atoms with van der Waals surface area (Å²) < 4.78 is 0. The molecule has 0 amide bonds. The highest BCUT2D eigenvalue weighted by atomic mass is 32.1. The van der Waals surface area contributed by atoms with Gasteiger partial charge in [0, 0.05) is 13.1 Å². The SMILES string of the molecule is [NH3+]NC(=S)N1CC2CC2C1. The Morgan fingerprint density at radius 1 is 1.50 bits per heavy atom. The number of rotatable bonds is 0. The predicted octanol–water partition coefficient (Wildman–Crippen LogP) is -1.03. The van der Waals surface area contributed by atoms with Crippen LogP contribution in [-0.2, 0) is 0 Å². The Morgan fingerprint density at radius 3 is 2.60 bits per heavy atom. The zero-order valence-corrected chi connectivity index (χ0v) is 6.66. The van der Waals surface area contributed by atoms with Gasteiger partial charge < -0.3 is 4.90 Å². The van der Waals surface area contributed by atoms with E-state index in [-0.39, 0.29) is 0 Å². The molecule has 0 bridgehead atoms. The molecule has 1 saturated carbocycles. The number of hydrogen-bond donors (Lipinski definition) is 2. The van der Waals surface area contributed by atoms with Crippen LogP contribution < -0.4 is 11.3 Å². The van der Waals surface area contributed by atoms with Crippen LogP contribution in [0.2, 0.25) is 0 Å². The number of quaternary nitrogens is 1. The van der Waals surface area contributed by atoms with Crippen molar-refractivity contribution in [2.45, 2.75) is 6.42 Å². The third kappa shape index (κ3) is 0.876. The minimum Gasteiger partial charge on any atom is -0.345 e. The van der Waals surface area contributed by atoms with E-state index in [1.54, 1.807) is 0 Å². The van der Waals surface area contributed by atoms with Crippen molar-refractivity contribution in [2.24, 2.45) is 11.8 Å². The van der Waals surface area contributed by atoms with Gasteiger partial charge in [-0.15, -0.1) is 0 Å². The van der Waals surface area contributed by atoms with Gasteiger partial charge in [-0.25, -0.2) is 5.43 Å². The lowest BCUT2D eigenvalue weighted by molar-refractivity contribution is -0.420. The van der Waals surface area contributed by atoms with E-state index in [1.807, 2.05) is 0 Å². The maximum Gasteiger partial charge on any atom is 0.215 e. The summed E-state index contributed by atoms with van der Waals surface area (Å²) >= 11 is 5.04. The summed E-state index contributed by atoms with van der Waals surface area (Å²) in [6.07, 6.45) is 1.43. The van der Waals surface area contributed by atoms with Gasteiger partial charge in [-0.1, -0.05) is 0 Å². The summed E-state index contributed by atoms with van der Waals surface area (Å²) in [6, 6.07) is 0. The van der Waals surface area contributed by atoms with Crippen LogP contribution in [0, 0.1) is 11.8 Å². The Bertz CT molecular complexity index is 160. The van der Waals surface area contributed by atoms with Crippen LogP contribution >= 0.6 is 12.2 Å². The van der Waals surface area contributed by atoms with Gasteiger partial charge in [0.25, 0.3) is 0 Å². The molecule has 2 unspecified atom stereocenters. The first kappa shape index (κ1) is 6.37. The topological polar surface area (TPSA) is 42.9 Å². The van der Waals surface area contributed by atoms with Crippen molar-refractivity contribution < 1.29 is 5.84 Å². The van der Waals surface area contributed by atoms with Crippen LogP contribution in [0.5, 0.6) is 0 Å². The standard InChI is InChI=1S/C6H11N3S/c7-8-6(10)9-2-4-1-5(4)3-9/h4-5H,1-3,7H2,(H,8,10)/p+1. The summed E-state index contributed by atoms with van der Waals surface area (Å²) in [7, 11) is 0. The minimum atomic E-state index is 0.812. The molecule has 1 heterocycles. The van der Waals surface area contributed by atoms with Crippen molar-refractivity contribution in [2.75, 3.05) is 13.1 Å². The fourth-order valence-corrected chi connectivity index (χ4v) is 1.82. The smallest absolute Gasteiger partial charge is 0.215 e. The summed E-state index contributed by atoms with van der Waals surface area (Å²) in [5, 5.41) is 0.812. The van der Waals surface area contributed by atoms with Gasteiger partial charge in [0.05, 0.1) is 0 Å². The molecule has 3 nitrogen and oxygen atoms in total. The minimum absolute atomic E-state index is 0.812. The fourth-order valence-electron chi connectivity index (χ4n) is 1.68. The first-order chi connectivity index (χ1) is 4.81. The Labute approximate surface area is 65.5 Å². The van der Waals surface area contributed by atoms with Gasteiger partial charge in [0.1, 0.15) is 0 Å². The van der Waals surface area contributed by atoms with Crippen molar-refractivity contribution in [3.05, 3.63) is 0 Å². The Balaban J connectivity index is 1.90. The molecule has 1 aliphatic heterocycles. The number of piperidine rings is 1. The van der Waals surface area contributed by atoms with Gasteiger partial charge in [-0.3, -0.25) is 5.84 Å². The second-order valence-electron chi connectivity index (χ2n) is 3.14. The average molecular weight is 158 g/mol. The number of nitrogens with zero attached hydrogens (tertiary/aromatic N) is 1. The Morgan fingerprint density at radius 2 is 2.10 bits per heavy atom. The molecule has 4 heteroatoms. The molecule has 0 aromatic rings. The van der Waals surface area contributed by atoms with Crippen LogP contribution in [0.4, 0.5) is 0 Å². The van der Waals surface area contributed by atoms with E-state index in [0.29, 0.717) is 0 Å². The largest absolute Gasteiger partial charge is 0.345 e. The third-order valence-corrected chi connectivity index (χ3v) is 2.82. The molecule has 2 fully saturated rings. The number of likely N-dealkylation sites (tertiary alicyclic amines) is 1. The summed E-state index contributed by atoms with van der Waals surface area (Å²) in [5.41, 5.74) is 2.76. The summed E-state index contributed by atoms with van der Waals surface area (Å²) in [5.74, 6) is 5.44. The van der Waals surface area contributed by atoms with Gasteiger partial charge in [-0.05, 0) is 30.5 Å². The van der Waals surface area contributed by atoms with Crippen molar-refractivity contribution in [1.82, 2.24) is 10.3 Å². The lowest BCUT2D eigenvalue weighted by Gasteiger charge is -2.17. The second-order valence-corrected chi connectivity index (χ2v) is 3.53. The highest BCUT2D eigenvalue weighted by Crippen LogP contribution is 2.44. The van der Waals surface area contributed by atoms with E-state index >= 15 is 0 Å². The molecule has 2 rings (SSSR count). The summed E-state index contributed by atoms with van der Waals surface area (Å²) in [4.78, 5) is 2.21. The molecule has 56 valence electrons. The molecular formula is C6H12N3S+. The molecule has 0 spiro atoms.